The van der Waals surface area contributed by atoms with Crippen LogP contribution in [0.15, 0.2) is 43.0 Å². The van der Waals surface area contributed by atoms with Gasteiger partial charge in [-0.3, -0.25) is 4.79 Å². The predicted octanol–water partition coefficient (Wildman–Crippen LogP) is 1.75. The van der Waals surface area contributed by atoms with Crippen molar-refractivity contribution in [2.24, 2.45) is 0 Å². The van der Waals surface area contributed by atoms with Gasteiger partial charge in [0, 0.05) is 29.6 Å². The van der Waals surface area contributed by atoms with Gasteiger partial charge in [-0.1, -0.05) is 17.9 Å². The van der Waals surface area contributed by atoms with Crippen molar-refractivity contribution in [3.63, 3.8) is 0 Å². The summed E-state index contributed by atoms with van der Waals surface area (Å²) >= 11 is 0. The lowest BCUT2D eigenvalue weighted by Crippen LogP contribution is -2.38. The van der Waals surface area contributed by atoms with E-state index in [9.17, 15) is 4.79 Å². The van der Waals surface area contributed by atoms with Gasteiger partial charge >= 0.3 is 0 Å². The van der Waals surface area contributed by atoms with Crippen LogP contribution in [-0.4, -0.2) is 33.2 Å². The van der Waals surface area contributed by atoms with Crippen LogP contribution in [0.4, 0.5) is 0 Å². The lowest BCUT2D eigenvalue weighted by Gasteiger charge is -2.22. The molecule has 3 rings (SSSR count). The predicted molar refractivity (Wildman–Crippen MR) is 86.8 cm³/mol. The Kier molecular flexibility index (Phi) is 4.74. The lowest BCUT2D eigenvalue weighted by molar-refractivity contribution is 0.0929. The molecule has 2 atom stereocenters. The molecule has 1 aliphatic rings. The van der Waals surface area contributed by atoms with Gasteiger partial charge in [0.2, 0.25) is 0 Å². The molecule has 1 aliphatic carbocycles. The number of imidazole rings is 1. The summed E-state index contributed by atoms with van der Waals surface area (Å²) in [6, 6.07) is 7.53. The summed E-state index contributed by atoms with van der Waals surface area (Å²) in [4.78, 5) is 16.6. The first-order valence-corrected chi connectivity index (χ1v) is 7.76. The molecule has 0 spiro atoms. The Morgan fingerprint density at radius 2 is 2.35 bits per heavy atom. The summed E-state index contributed by atoms with van der Waals surface area (Å²) in [5.74, 6) is 5.33. The number of amides is 1. The van der Waals surface area contributed by atoms with Gasteiger partial charge < -0.3 is 15.0 Å². The van der Waals surface area contributed by atoms with Crippen molar-refractivity contribution in [2.75, 3.05) is 6.61 Å². The Morgan fingerprint density at radius 1 is 1.43 bits per heavy atom. The highest BCUT2D eigenvalue weighted by atomic mass is 16.2. The van der Waals surface area contributed by atoms with E-state index < -0.39 is 0 Å². The maximum Gasteiger partial charge on any atom is 0.251 e. The molecule has 1 aromatic heterocycles. The second-order valence-corrected chi connectivity index (χ2v) is 5.63. The Morgan fingerprint density at radius 3 is 3.13 bits per heavy atom. The Hall–Kier alpha value is -2.58. The first kappa shape index (κ1) is 15.3. The smallest absolute Gasteiger partial charge is 0.251 e. The van der Waals surface area contributed by atoms with Crippen molar-refractivity contribution in [3.8, 4) is 11.8 Å². The van der Waals surface area contributed by atoms with Crippen LogP contribution in [0.5, 0.6) is 0 Å². The fourth-order valence-electron chi connectivity index (χ4n) is 3.06. The zero-order valence-corrected chi connectivity index (χ0v) is 12.8. The van der Waals surface area contributed by atoms with E-state index in [1.807, 2.05) is 12.3 Å². The van der Waals surface area contributed by atoms with Crippen LogP contribution in [0.25, 0.3) is 0 Å². The molecule has 1 amide bonds. The molecule has 1 saturated carbocycles. The average molecular weight is 309 g/mol. The van der Waals surface area contributed by atoms with Crippen molar-refractivity contribution in [1.29, 1.82) is 0 Å². The standard InChI is InChI=1S/C18H19N3O2/c22-11-3-5-14-4-1-6-15(12-14)18(23)20-16-7-2-8-17(16)21-10-9-19-13-21/h1,4,6,9-10,12-13,16-17,22H,2,7-8,11H2,(H,20,23)/t16-,17+/m1/s1. The largest absolute Gasteiger partial charge is 0.384 e. The molecule has 118 valence electrons. The molecule has 0 bridgehead atoms. The highest BCUT2D eigenvalue weighted by Crippen LogP contribution is 2.30. The van der Waals surface area contributed by atoms with Gasteiger partial charge in [0.25, 0.3) is 5.91 Å². The van der Waals surface area contributed by atoms with E-state index in [4.69, 9.17) is 5.11 Å². The SMILES string of the molecule is O=C(N[C@@H]1CCC[C@@H]1n1ccnc1)c1cccc(C#CCO)c1. The van der Waals surface area contributed by atoms with Crippen molar-refractivity contribution in [1.82, 2.24) is 14.9 Å². The molecule has 23 heavy (non-hydrogen) atoms. The number of aliphatic hydroxyl groups excluding tert-OH is 1. The topological polar surface area (TPSA) is 67.2 Å². The molecule has 1 heterocycles. The number of nitrogens with one attached hydrogen (secondary N) is 1. The molecular weight excluding hydrogens is 290 g/mol. The van der Waals surface area contributed by atoms with Crippen LogP contribution < -0.4 is 5.32 Å². The van der Waals surface area contributed by atoms with E-state index in [0.29, 0.717) is 5.56 Å². The molecule has 0 aliphatic heterocycles. The van der Waals surface area contributed by atoms with Gasteiger partial charge in [-0.05, 0) is 37.5 Å². The van der Waals surface area contributed by atoms with E-state index in [2.05, 4.69) is 26.7 Å². The molecule has 0 unspecified atom stereocenters. The molecule has 2 aromatic rings. The van der Waals surface area contributed by atoms with Gasteiger partial charge in [0.05, 0.1) is 12.4 Å². The third-order valence-corrected chi connectivity index (χ3v) is 4.14. The van der Waals surface area contributed by atoms with Crippen molar-refractivity contribution in [2.45, 2.75) is 31.3 Å². The minimum Gasteiger partial charge on any atom is -0.384 e. The van der Waals surface area contributed by atoms with E-state index in [1.54, 1.807) is 30.7 Å². The number of rotatable bonds is 3. The second-order valence-electron chi connectivity index (χ2n) is 5.63. The summed E-state index contributed by atoms with van der Waals surface area (Å²) in [6.07, 6.45) is 8.62. The third-order valence-electron chi connectivity index (χ3n) is 4.14. The highest BCUT2D eigenvalue weighted by Gasteiger charge is 2.29. The van der Waals surface area contributed by atoms with Crippen LogP contribution in [-0.2, 0) is 0 Å². The minimum absolute atomic E-state index is 0.0883. The number of aliphatic hydroxyl groups is 1. The zero-order chi connectivity index (χ0) is 16.1. The second kappa shape index (κ2) is 7.12. The fraction of sp³-hybridized carbons (Fsp3) is 0.333. The zero-order valence-electron chi connectivity index (χ0n) is 12.8. The summed E-state index contributed by atoms with van der Waals surface area (Å²) in [6.45, 7) is -0.189. The third kappa shape index (κ3) is 3.61. The van der Waals surface area contributed by atoms with E-state index in [-0.39, 0.29) is 24.6 Å². The van der Waals surface area contributed by atoms with Crippen molar-refractivity contribution < 1.29 is 9.90 Å². The Balaban J connectivity index is 1.71. The number of hydrogen-bond acceptors (Lipinski definition) is 3. The van der Waals surface area contributed by atoms with Gasteiger partial charge in [0.1, 0.15) is 6.61 Å². The summed E-state index contributed by atoms with van der Waals surface area (Å²) in [5, 5.41) is 11.9. The molecule has 1 aromatic carbocycles. The number of hydrogen-bond donors (Lipinski definition) is 2. The maximum atomic E-state index is 12.5. The summed E-state index contributed by atoms with van der Waals surface area (Å²) < 4.78 is 2.07. The normalized spacial score (nSPS) is 19.9. The van der Waals surface area contributed by atoms with Crippen LogP contribution in [0.2, 0.25) is 0 Å². The van der Waals surface area contributed by atoms with Crippen LogP contribution >= 0.6 is 0 Å². The number of aromatic nitrogens is 2. The maximum absolute atomic E-state index is 12.5. The van der Waals surface area contributed by atoms with Gasteiger partial charge in [0.15, 0.2) is 0 Å². The van der Waals surface area contributed by atoms with Crippen LogP contribution in [0.1, 0.15) is 41.2 Å². The number of nitrogens with zero attached hydrogens (tertiary/aromatic N) is 2. The average Bonchev–Trinajstić information content (AvgIpc) is 3.24. The number of benzene rings is 1. The van der Waals surface area contributed by atoms with Crippen molar-refractivity contribution in [3.05, 3.63) is 54.1 Å². The monoisotopic (exact) mass is 309 g/mol. The number of carbonyl (C=O) groups is 1. The molecular formula is C18H19N3O2. The first-order chi connectivity index (χ1) is 11.3. The van der Waals surface area contributed by atoms with E-state index >= 15 is 0 Å². The van der Waals surface area contributed by atoms with Crippen LogP contribution in [0, 0.1) is 11.8 Å². The lowest BCUT2D eigenvalue weighted by atomic mass is 10.1. The van der Waals surface area contributed by atoms with Gasteiger partial charge in [-0.15, -0.1) is 0 Å². The molecule has 0 saturated heterocycles. The first-order valence-electron chi connectivity index (χ1n) is 7.76. The number of carbonyl (C=O) groups excluding carboxylic acids is 1. The summed E-state index contributed by atoms with van der Waals surface area (Å²) in [7, 11) is 0. The van der Waals surface area contributed by atoms with E-state index in [1.165, 1.54) is 0 Å². The minimum atomic E-state index is -0.189. The highest BCUT2D eigenvalue weighted by molar-refractivity contribution is 5.94. The molecule has 0 radical (unpaired) electrons. The van der Waals surface area contributed by atoms with Gasteiger partial charge in [-0.2, -0.15) is 0 Å². The molecule has 5 heteroatoms. The van der Waals surface area contributed by atoms with Crippen molar-refractivity contribution >= 4 is 5.91 Å². The van der Waals surface area contributed by atoms with Crippen LogP contribution in [0.3, 0.4) is 0 Å². The van der Waals surface area contributed by atoms with E-state index in [0.717, 1.165) is 24.8 Å². The Bertz CT molecular complexity index is 728. The fourth-order valence-corrected chi connectivity index (χ4v) is 3.06. The molecule has 5 nitrogen and oxygen atoms in total. The molecule has 1 fully saturated rings. The van der Waals surface area contributed by atoms with Gasteiger partial charge in [-0.25, -0.2) is 4.98 Å². The summed E-state index contributed by atoms with van der Waals surface area (Å²) in [5.41, 5.74) is 1.32. The quantitative estimate of drug-likeness (QED) is 0.849. The Labute approximate surface area is 135 Å². The molecule has 2 N–H and O–H groups in total.